The molecule has 0 saturated carbocycles. The average Bonchev–Trinajstić information content (AvgIpc) is 2.74. The van der Waals surface area contributed by atoms with Crippen LogP contribution in [0.15, 0.2) is 47.3 Å². The van der Waals surface area contributed by atoms with Gasteiger partial charge in [-0.05, 0) is 56.7 Å². The monoisotopic (exact) mass is 470 g/mol. The molecule has 1 aliphatic heterocycles. The maximum Gasteiger partial charge on any atom is 0.188 e. The number of halogens is 1. The third kappa shape index (κ3) is 3.96. The van der Waals surface area contributed by atoms with Crippen molar-refractivity contribution in [3.8, 4) is 16.3 Å². The predicted molar refractivity (Wildman–Crippen MR) is 127 cm³/mol. The highest BCUT2D eigenvalue weighted by molar-refractivity contribution is 9.09. The van der Waals surface area contributed by atoms with E-state index >= 15 is 0 Å². The first-order valence-corrected chi connectivity index (χ1v) is 11.8. The highest BCUT2D eigenvalue weighted by Crippen LogP contribution is 2.36. The quantitative estimate of drug-likeness (QED) is 0.145. The van der Waals surface area contributed by atoms with Gasteiger partial charge in [0.05, 0.1) is 27.4 Å². The van der Waals surface area contributed by atoms with Crippen LogP contribution in [0.1, 0.15) is 20.3 Å². The van der Waals surface area contributed by atoms with Crippen LogP contribution < -0.4 is 15.1 Å². The van der Waals surface area contributed by atoms with Crippen LogP contribution in [-0.4, -0.2) is 30.0 Å². The number of nitrogens with zero attached hydrogens (tertiary/aromatic N) is 2. The summed E-state index contributed by atoms with van der Waals surface area (Å²) >= 11 is 5.03. The number of hydrogen-bond acceptors (Lipinski definition) is 5. The van der Waals surface area contributed by atoms with Crippen molar-refractivity contribution in [3.63, 3.8) is 0 Å². The van der Waals surface area contributed by atoms with Gasteiger partial charge in [0.2, 0.25) is 0 Å². The van der Waals surface area contributed by atoms with Crippen LogP contribution in [0.4, 0.5) is 5.69 Å². The second-order valence-electron chi connectivity index (χ2n) is 6.86. The molecular formula is C23H23BrN2O2S. The summed E-state index contributed by atoms with van der Waals surface area (Å²) in [7, 11) is 0. The largest absolute Gasteiger partial charge is 0.494 e. The fraction of sp³-hybridized carbons (Fsp3) is 0.304. The van der Waals surface area contributed by atoms with Crippen LogP contribution in [0.2, 0.25) is 0 Å². The van der Waals surface area contributed by atoms with E-state index in [0.29, 0.717) is 12.0 Å². The molecule has 0 N–H and O–H groups in total. The normalized spacial score (nSPS) is 11.4. The van der Waals surface area contributed by atoms with Crippen molar-refractivity contribution in [2.45, 2.75) is 20.3 Å². The Labute approximate surface area is 182 Å². The standard InChI is InChI=1S/C23H23BrN2O2S/c1-3-26(4-2)15-6-9-19-21(12-15)29-22-14-20(27)18-13-16(28-11-5-10-24)7-8-17(18)23(22)25-19/h6-9,12-14H,3-5,10-11H2,1-2H3. The van der Waals surface area contributed by atoms with Gasteiger partial charge in [-0.3, -0.25) is 4.79 Å². The minimum Gasteiger partial charge on any atom is -0.494 e. The van der Waals surface area contributed by atoms with E-state index < -0.39 is 0 Å². The number of alkyl halides is 1. The second-order valence-corrected chi connectivity index (χ2v) is 8.73. The molecule has 6 heteroatoms. The summed E-state index contributed by atoms with van der Waals surface area (Å²) in [4.78, 5) is 20.9. The fourth-order valence-electron chi connectivity index (χ4n) is 3.56. The van der Waals surface area contributed by atoms with Crippen LogP contribution >= 0.6 is 27.3 Å². The topological polar surface area (TPSA) is 42.4 Å². The summed E-state index contributed by atoms with van der Waals surface area (Å²) in [5, 5.41) is 2.44. The molecule has 4 nitrogen and oxygen atoms in total. The molecule has 1 heterocycles. The zero-order valence-electron chi connectivity index (χ0n) is 16.6. The highest BCUT2D eigenvalue weighted by atomic mass is 79.9. The summed E-state index contributed by atoms with van der Waals surface area (Å²) in [6.07, 6.45) is 0.921. The van der Waals surface area contributed by atoms with Crippen molar-refractivity contribution in [1.29, 1.82) is 0 Å². The molecule has 0 bridgehead atoms. The Hall–Kier alpha value is -2.18. The second kappa shape index (κ2) is 8.67. The van der Waals surface area contributed by atoms with Gasteiger partial charge in [-0.15, -0.1) is 11.3 Å². The Morgan fingerprint density at radius 2 is 1.90 bits per heavy atom. The van der Waals surface area contributed by atoms with Gasteiger partial charge < -0.3 is 9.64 Å². The van der Waals surface area contributed by atoms with Gasteiger partial charge in [0.1, 0.15) is 5.75 Å². The van der Waals surface area contributed by atoms with E-state index in [2.05, 4.69) is 52.9 Å². The summed E-state index contributed by atoms with van der Waals surface area (Å²) in [5.74, 6) is 0.725. The van der Waals surface area contributed by atoms with Crippen molar-refractivity contribution in [2.75, 3.05) is 29.9 Å². The molecule has 0 aromatic heterocycles. The van der Waals surface area contributed by atoms with Crippen LogP contribution in [-0.2, 0) is 0 Å². The Kier molecular flexibility index (Phi) is 6.01. The maximum atomic E-state index is 12.8. The third-order valence-corrected chi connectivity index (χ3v) is 6.72. The molecule has 0 atom stereocenters. The number of fused-ring (bicyclic) bond motifs is 4. The number of anilines is 1. The van der Waals surface area contributed by atoms with E-state index in [9.17, 15) is 4.79 Å². The first-order valence-electron chi connectivity index (χ1n) is 9.89. The van der Waals surface area contributed by atoms with E-state index in [1.54, 1.807) is 17.4 Å². The van der Waals surface area contributed by atoms with E-state index in [1.807, 2.05) is 18.2 Å². The van der Waals surface area contributed by atoms with E-state index in [0.717, 1.165) is 56.8 Å². The molecular weight excluding hydrogens is 448 g/mol. The first kappa shape index (κ1) is 20.1. The zero-order valence-corrected chi connectivity index (χ0v) is 19.0. The van der Waals surface area contributed by atoms with Gasteiger partial charge >= 0.3 is 0 Å². The minimum absolute atomic E-state index is 0.00994. The van der Waals surface area contributed by atoms with Crippen LogP contribution in [0, 0.1) is 0 Å². The molecule has 0 amide bonds. The first-order chi connectivity index (χ1) is 14.1. The number of benzene rings is 3. The molecule has 0 unspecified atom stereocenters. The van der Waals surface area contributed by atoms with Gasteiger partial charge in [0.25, 0.3) is 0 Å². The number of ether oxygens (including phenoxy) is 1. The lowest BCUT2D eigenvalue weighted by Gasteiger charge is -2.21. The Balaban J connectivity index is 1.84. The SMILES string of the molecule is CCN(CC)c1ccc2nc3c4ccc(OCCCBr)cc4c(=O)cc-3sc2c1. The summed E-state index contributed by atoms with van der Waals surface area (Å²) in [5.41, 5.74) is 3.03. The minimum atomic E-state index is 0.00994. The number of aromatic nitrogens is 1. The number of rotatable bonds is 7. The third-order valence-electron chi connectivity index (χ3n) is 5.08. The van der Waals surface area contributed by atoms with Gasteiger partial charge in [-0.1, -0.05) is 15.9 Å². The smallest absolute Gasteiger partial charge is 0.188 e. The maximum absolute atomic E-state index is 12.8. The predicted octanol–water partition coefficient (Wildman–Crippen LogP) is 5.92. The van der Waals surface area contributed by atoms with E-state index in [4.69, 9.17) is 9.72 Å². The van der Waals surface area contributed by atoms with Gasteiger partial charge in [0.15, 0.2) is 5.43 Å². The molecule has 150 valence electrons. The molecule has 2 aromatic rings. The fourth-order valence-corrected chi connectivity index (χ4v) is 4.84. The van der Waals surface area contributed by atoms with Crippen LogP contribution in [0.5, 0.6) is 5.75 Å². The molecule has 0 radical (unpaired) electrons. The molecule has 0 saturated heterocycles. The van der Waals surface area contributed by atoms with Crippen molar-refractivity contribution in [2.24, 2.45) is 0 Å². The summed E-state index contributed by atoms with van der Waals surface area (Å²) < 4.78 is 6.85. The zero-order chi connectivity index (χ0) is 20.4. The number of hydrogen-bond donors (Lipinski definition) is 0. The van der Waals surface area contributed by atoms with Gasteiger partial charge in [-0.2, -0.15) is 0 Å². The molecule has 2 aromatic carbocycles. The summed E-state index contributed by atoms with van der Waals surface area (Å²) in [6.45, 7) is 6.86. The van der Waals surface area contributed by atoms with E-state index in [-0.39, 0.29) is 5.43 Å². The van der Waals surface area contributed by atoms with Crippen molar-refractivity contribution < 1.29 is 4.74 Å². The Morgan fingerprint density at radius 1 is 1.07 bits per heavy atom. The van der Waals surface area contributed by atoms with Crippen molar-refractivity contribution >= 4 is 53.9 Å². The van der Waals surface area contributed by atoms with Crippen molar-refractivity contribution in [3.05, 3.63) is 52.7 Å². The Morgan fingerprint density at radius 3 is 2.66 bits per heavy atom. The van der Waals surface area contributed by atoms with Crippen molar-refractivity contribution in [1.82, 2.24) is 4.98 Å². The molecule has 29 heavy (non-hydrogen) atoms. The lowest BCUT2D eigenvalue weighted by atomic mass is 10.1. The van der Waals surface area contributed by atoms with Gasteiger partial charge in [0, 0.05) is 40.9 Å². The molecule has 2 aliphatic rings. The molecule has 4 rings (SSSR count). The highest BCUT2D eigenvalue weighted by Gasteiger charge is 2.15. The van der Waals surface area contributed by atoms with Crippen LogP contribution in [0.25, 0.3) is 31.6 Å². The Bertz CT molecular complexity index is 1190. The van der Waals surface area contributed by atoms with Crippen LogP contribution in [0.3, 0.4) is 0 Å². The average molecular weight is 471 g/mol. The van der Waals surface area contributed by atoms with E-state index in [1.165, 1.54) is 5.69 Å². The molecule has 1 aliphatic carbocycles. The molecule has 0 spiro atoms. The van der Waals surface area contributed by atoms with Gasteiger partial charge in [-0.25, -0.2) is 4.98 Å². The molecule has 0 fully saturated rings. The lowest BCUT2D eigenvalue weighted by Crippen LogP contribution is -2.21. The summed E-state index contributed by atoms with van der Waals surface area (Å²) in [6, 6.07) is 13.8. The lowest BCUT2D eigenvalue weighted by molar-refractivity contribution is 0.319.